The lowest BCUT2D eigenvalue weighted by Gasteiger charge is -2.17. The molecule has 0 fully saturated rings. The first-order chi connectivity index (χ1) is 11.4. The number of H-pyrrole nitrogens is 1. The summed E-state index contributed by atoms with van der Waals surface area (Å²) in [5, 5.41) is 1.57. The first-order valence-electron chi connectivity index (χ1n) is 7.74. The summed E-state index contributed by atoms with van der Waals surface area (Å²) in [6, 6.07) is 29.8. The normalized spacial score (nSPS) is 12.3. The van der Waals surface area contributed by atoms with Gasteiger partial charge < -0.3 is 4.98 Å². The molecule has 4 aromatic rings. The monoisotopic (exact) mass is 315 g/mol. The third-order valence-corrected chi connectivity index (χ3v) is 5.31. The van der Waals surface area contributed by atoms with E-state index in [4.69, 9.17) is 0 Å². The van der Waals surface area contributed by atoms with E-state index in [-0.39, 0.29) is 5.25 Å². The van der Waals surface area contributed by atoms with Crippen molar-refractivity contribution in [3.63, 3.8) is 0 Å². The smallest absolute Gasteiger partial charge is 0.0614 e. The number of hydrogen-bond donors (Lipinski definition) is 1. The third-order valence-electron chi connectivity index (χ3n) is 4.00. The van der Waals surface area contributed by atoms with Gasteiger partial charge in [-0.15, -0.1) is 11.8 Å². The van der Waals surface area contributed by atoms with Gasteiger partial charge >= 0.3 is 0 Å². The summed E-state index contributed by atoms with van der Waals surface area (Å²) < 4.78 is 0. The predicted molar refractivity (Wildman–Crippen MR) is 98.9 cm³/mol. The molecule has 1 atom stereocenters. The largest absolute Gasteiger partial charge is 0.361 e. The number of rotatable bonds is 4. The van der Waals surface area contributed by atoms with E-state index in [1.807, 2.05) is 11.8 Å². The fourth-order valence-electron chi connectivity index (χ4n) is 2.88. The van der Waals surface area contributed by atoms with Crippen molar-refractivity contribution in [2.24, 2.45) is 0 Å². The van der Waals surface area contributed by atoms with E-state index >= 15 is 0 Å². The van der Waals surface area contributed by atoms with Crippen LogP contribution in [0.5, 0.6) is 0 Å². The van der Waals surface area contributed by atoms with E-state index in [2.05, 4.69) is 96.1 Å². The number of benzene rings is 3. The van der Waals surface area contributed by atoms with Crippen molar-refractivity contribution >= 4 is 22.7 Å². The second-order valence-electron chi connectivity index (χ2n) is 5.51. The van der Waals surface area contributed by atoms with Crippen molar-refractivity contribution in [1.29, 1.82) is 0 Å². The second-order valence-corrected chi connectivity index (χ2v) is 6.69. The molecule has 0 spiro atoms. The summed E-state index contributed by atoms with van der Waals surface area (Å²) in [5.41, 5.74) is 3.85. The van der Waals surface area contributed by atoms with E-state index in [0.717, 1.165) is 0 Å². The minimum Gasteiger partial charge on any atom is -0.361 e. The third kappa shape index (κ3) is 2.90. The van der Waals surface area contributed by atoms with E-state index in [1.165, 1.54) is 26.9 Å². The minimum absolute atomic E-state index is 0.273. The molecule has 1 heterocycles. The minimum atomic E-state index is 0.273. The lowest BCUT2D eigenvalue weighted by molar-refractivity contribution is 1.16. The molecule has 0 bridgehead atoms. The molecule has 1 aromatic heterocycles. The van der Waals surface area contributed by atoms with Crippen molar-refractivity contribution in [3.8, 4) is 0 Å². The van der Waals surface area contributed by atoms with Crippen molar-refractivity contribution in [2.75, 3.05) is 0 Å². The molecule has 1 unspecified atom stereocenters. The second kappa shape index (κ2) is 6.35. The lowest BCUT2D eigenvalue weighted by atomic mass is 10.0. The molecule has 4 rings (SSSR count). The number of hydrogen-bond acceptors (Lipinski definition) is 1. The van der Waals surface area contributed by atoms with Crippen LogP contribution in [0.1, 0.15) is 16.4 Å². The van der Waals surface area contributed by atoms with Crippen LogP contribution >= 0.6 is 11.8 Å². The van der Waals surface area contributed by atoms with Crippen LogP contribution in [0.4, 0.5) is 0 Å². The summed E-state index contributed by atoms with van der Waals surface area (Å²) in [4.78, 5) is 4.69. The Bertz CT molecular complexity index is 897. The van der Waals surface area contributed by atoms with E-state index in [0.29, 0.717) is 0 Å². The molecule has 0 saturated heterocycles. The molecule has 0 aliphatic heterocycles. The van der Waals surface area contributed by atoms with Gasteiger partial charge in [-0.2, -0.15) is 0 Å². The van der Waals surface area contributed by atoms with E-state index in [1.54, 1.807) is 0 Å². The highest BCUT2D eigenvalue weighted by Gasteiger charge is 2.19. The summed E-state index contributed by atoms with van der Waals surface area (Å²) in [5.74, 6) is 0. The van der Waals surface area contributed by atoms with Gasteiger partial charge in [0.2, 0.25) is 0 Å². The molecule has 3 aromatic carbocycles. The molecular formula is C21H17NS. The Morgan fingerprint density at radius 1 is 0.696 bits per heavy atom. The topological polar surface area (TPSA) is 15.8 Å². The zero-order valence-corrected chi connectivity index (χ0v) is 13.5. The number of aromatic amines is 1. The Labute approximate surface area is 140 Å². The standard InChI is InChI=1S/C21H17NS/c1-3-9-16(10-4-1)21(23-17-11-5-2-6-12-17)19-15-22-20-14-8-7-13-18(19)20/h1-15,21-22H. The molecule has 0 aliphatic carbocycles. The van der Waals surface area contributed by atoms with Crippen molar-refractivity contribution < 1.29 is 0 Å². The van der Waals surface area contributed by atoms with Gasteiger partial charge in [0, 0.05) is 22.0 Å². The Morgan fingerprint density at radius 2 is 1.35 bits per heavy atom. The molecule has 0 saturated carbocycles. The highest BCUT2D eigenvalue weighted by Crippen LogP contribution is 2.42. The summed E-state index contributed by atoms with van der Waals surface area (Å²) in [7, 11) is 0. The SMILES string of the molecule is c1ccc(SC(c2ccccc2)c2c[nH]c3ccccc23)cc1. The number of nitrogens with one attached hydrogen (secondary N) is 1. The maximum absolute atomic E-state index is 3.41. The molecular weight excluding hydrogens is 298 g/mol. The van der Waals surface area contributed by atoms with E-state index < -0.39 is 0 Å². The molecule has 112 valence electrons. The van der Waals surface area contributed by atoms with Crippen LogP contribution in [0.25, 0.3) is 10.9 Å². The number of para-hydroxylation sites is 1. The van der Waals surface area contributed by atoms with Gasteiger partial charge in [0.25, 0.3) is 0 Å². The molecule has 1 nitrogen and oxygen atoms in total. The molecule has 1 N–H and O–H groups in total. The highest BCUT2D eigenvalue weighted by atomic mass is 32.2. The van der Waals surface area contributed by atoms with Gasteiger partial charge in [-0.1, -0.05) is 66.7 Å². The van der Waals surface area contributed by atoms with Crippen molar-refractivity contribution in [2.45, 2.75) is 10.1 Å². The first-order valence-corrected chi connectivity index (χ1v) is 8.62. The van der Waals surface area contributed by atoms with Crippen LogP contribution in [-0.2, 0) is 0 Å². The fourth-order valence-corrected chi connectivity index (χ4v) is 4.09. The van der Waals surface area contributed by atoms with Crippen LogP contribution < -0.4 is 0 Å². The first kappa shape index (κ1) is 14.2. The zero-order chi connectivity index (χ0) is 15.5. The summed E-state index contributed by atoms with van der Waals surface area (Å²) >= 11 is 1.89. The fraction of sp³-hybridized carbons (Fsp3) is 0.0476. The molecule has 23 heavy (non-hydrogen) atoms. The van der Waals surface area contributed by atoms with Crippen LogP contribution in [0.2, 0.25) is 0 Å². The van der Waals surface area contributed by atoms with Crippen LogP contribution in [0, 0.1) is 0 Å². The quantitative estimate of drug-likeness (QED) is 0.453. The van der Waals surface area contributed by atoms with Gasteiger partial charge in [-0.25, -0.2) is 0 Å². The average molecular weight is 315 g/mol. The maximum atomic E-state index is 3.41. The predicted octanol–water partition coefficient (Wildman–Crippen LogP) is 6.05. The van der Waals surface area contributed by atoms with Gasteiger partial charge in [0.15, 0.2) is 0 Å². The molecule has 2 heteroatoms. The summed E-state index contributed by atoms with van der Waals surface area (Å²) in [6.45, 7) is 0. The molecule has 0 radical (unpaired) electrons. The number of thioether (sulfide) groups is 1. The Morgan fingerprint density at radius 3 is 2.13 bits per heavy atom. The Kier molecular flexibility index (Phi) is 3.91. The van der Waals surface area contributed by atoms with E-state index in [9.17, 15) is 0 Å². The van der Waals surface area contributed by atoms with Gasteiger partial charge in [-0.05, 0) is 29.3 Å². The Balaban J connectivity index is 1.82. The number of aromatic nitrogens is 1. The van der Waals surface area contributed by atoms with Gasteiger partial charge in [0.1, 0.15) is 0 Å². The van der Waals surface area contributed by atoms with Crippen LogP contribution in [0.15, 0.2) is 96.0 Å². The number of fused-ring (bicyclic) bond motifs is 1. The maximum Gasteiger partial charge on any atom is 0.0614 e. The van der Waals surface area contributed by atoms with Crippen LogP contribution in [-0.4, -0.2) is 4.98 Å². The zero-order valence-electron chi connectivity index (χ0n) is 12.6. The lowest BCUT2D eigenvalue weighted by Crippen LogP contribution is -1.95. The summed E-state index contributed by atoms with van der Waals surface area (Å²) in [6.07, 6.45) is 2.15. The average Bonchev–Trinajstić information content (AvgIpc) is 3.05. The van der Waals surface area contributed by atoms with Gasteiger partial charge in [-0.3, -0.25) is 0 Å². The van der Waals surface area contributed by atoms with Crippen molar-refractivity contribution in [3.05, 3.63) is 102 Å². The van der Waals surface area contributed by atoms with Gasteiger partial charge in [0.05, 0.1) is 5.25 Å². The van der Waals surface area contributed by atoms with Crippen LogP contribution in [0.3, 0.4) is 0 Å². The molecule has 0 amide bonds. The highest BCUT2D eigenvalue weighted by molar-refractivity contribution is 7.99. The van der Waals surface area contributed by atoms with Crippen molar-refractivity contribution in [1.82, 2.24) is 4.98 Å². The Hall–Kier alpha value is -2.45. The molecule has 0 aliphatic rings.